The minimum absolute atomic E-state index is 0.0236. The van der Waals surface area contributed by atoms with Gasteiger partial charge in [-0.25, -0.2) is 16.8 Å². The third-order valence-corrected chi connectivity index (χ3v) is 9.15. The molecule has 1 aromatic heterocycles. The van der Waals surface area contributed by atoms with Gasteiger partial charge in [0.25, 0.3) is 10.0 Å². The van der Waals surface area contributed by atoms with Crippen LogP contribution in [0, 0.1) is 0 Å². The Labute approximate surface area is 139 Å². The Hall–Kier alpha value is -1.26. The fraction of sp³-hybridized carbons (Fsp3) is 0.286. The van der Waals surface area contributed by atoms with Gasteiger partial charge in [0, 0.05) is 13.1 Å². The summed E-state index contributed by atoms with van der Waals surface area (Å²) >= 11 is 0.777. The molecule has 6 nitrogen and oxygen atoms in total. The second-order valence-corrected chi connectivity index (χ2v) is 10.3. The molecule has 3 rings (SSSR count). The van der Waals surface area contributed by atoms with Gasteiger partial charge in [-0.2, -0.15) is 4.31 Å². The number of sulfone groups is 1. The minimum atomic E-state index is -3.70. The highest BCUT2D eigenvalue weighted by molar-refractivity contribution is 7.95. The third kappa shape index (κ3) is 3.20. The molecular weight excluding hydrogens is 358 g/mol. The van der Waals surface area contributed by atoms with Crippen LogP contribution in [0.15, 0.2) is 55.8 Å². The van der Waals surface area contributed by atoms with Gasteiger partial charge in [-0.15, -0.1) is 11.3 Å². The van der Waals surface area contributed by atoms with E-state index in [2.05, 4.69) is 0 Å². The number of hydrogen-bond acceptors (Lipinski definition) is 6. The van der Waals surface area contributed by atoms with Crippen LogP contribution < -0.4 is 0 Å². The molecule has 0 N–H and O–H groups in total. The summed E-state index contributed by atoms with van der Waals surface area (Å²) in [5, 5.41) is 0. The average Bonchev–Trinajstić information content (AvgIpc) is 3.08. The van der Waals surface area contributed by atoms with Crippen LogP contribution in [0.2, 0.25) is 0 Å². The summed E-state index contributed by atoms with van der Waals surface area (Å²) < 4.78 is 56.7. The van der Waals surface area contributed by atoms with E-state index in [9.17, 15) is 16.8 Å². The van der Waals surface area contributed by atoms with E-state index in [1.165, 1.54) is 28.6 Å². The number of rotatable bonds is 4. The van der Waals surface area contributed by atoms with Gasteiger partial charge in [0.1, 0.15) is 8.42 Å². The fourth-order valence-corrected chi connectivity index (χ4v) is 6.97. The van der Waals surface area contributed by atoms with E-state index in [1.807, 2.05) is 0 Å². The van der Waals surface area contributed by atoms with Crippen molar-refractivity contribution in [1.82, 2.24) is 4.31 Å². The average molecular weight is 373 g/mol. The first-order valence-electron chi connectivity index (χ1n) is 6.90. The van der Waals surface area contributed by atoms with Crippen LogP contribution >= 0.6 is 11.3 Å². The van der Waals surface area contributed by atoms with Crippen LogP contribution in [0.25, 0.3) is 0 Å². The lowest BCUT2D eigenvalue weighted by Crippen LogP contribution is -2.40. The van der Waals surface area contributed by atoms with E-state index < -0.39 is 19.9 Å². The molecule has 1 aromatic carbocycles. The smallest absolute Gasteiger partial charge is 0.252 e. The molecule has 1 aliphatic rings. The third-order valence-electron chi connectivity index (χ3n) is 3.44. The van der Waals surface area contributed by atoms with Gasteiger partial charge in [-0.3, -0.25) is 0 Å². The van der Waals surface area contributed by atoms with Gasteiger partial charge in [-0.1, -0.05) is 18.2 Å². The lowest BCUT2D eigenvalue weighted by molar-refractivity contribution is 0.0731. The second kappa shape index (κ2) is 6.33. The van der Waals surface area contributed by atoms with Crippen LogP contribution in [0.4, 0.5) is 0 Å². The molecule has 23 heavy (non-hydrogen) atoms. The van der Waals surface area contributed by atoms with E-state index in [0.717, 1.165) is 11.3 Å². The lowest BCUT2D eigenvalue weighted by Gasteiger charge is -2.25. The predicted octanol–water partition coefficient (Wildman–Crippen LogP) is 1.60. The van der Waals surface area contributed by atoms with Crippen molar-refractivity contribution in [3.63, 3.8) is 0 Å². The molecule has 2 heterocycles. The molecule has 0 aliphatic carbocycles. The number of ether oxygens (including phenoxy) is 1. The molecule has 1 aliphatic heterocycles. The first kappa shape index (κ1) is 16.6. The Morgan fingerprint density at radius 2 is 1.48 bits per heavy atom. The standard InChI is InChI=1S/C14H15NO5S3/c16-22(17,12-4-2-1-3-5-12)13-6-7-14(21-13)23(18,19)15-8-10-20-11-9-15/h1-7H,8-11H2. The Balaban J connectivity index is 1.94. The van der Waals surface area contributed by atoms with Crippen molar-refractivity contribution < 1.29 is 21.6 Å². The van der Waals surface area contributed by atoms with Gasteiger partial charge >= 0.3 is 0 Å². The van der Waals surface area contributed by atoms with Gasteiger partial charge in [0.05, 0.1) is 18.1 Å². The van der Waals surface area contributed by atoms with Crippen LogP contribution in [-0.4, -0.2) is 47.4 Å². The van der Waals surface area contributed by atoms with Crippen molar-refractivity contribution in [2.24, 2.45) is 0 Å². The van der Waals surface area contributed by atoms with Gasteiger partial charge < -0.3 is 4.74 Å². The van der Waals surface area contributed by atoms with Crippen molar-refractivity contribution >= 4 is 31.2 Å². The molecule has 1 fully saturated rings. The van der Waals surface area contributed by atoms with Gasteiger partial charge in [-0.05, 0) is 24.3 Å². The Bertz CT molecular complexity index is 882. The molecule has 0 saturated carbocycles. The molecule has 124 valence electrons. The summed E-state index contributed by atoms with van der Waals surface area (Å²) in [6, 6.07) is 10.7. The van der Waals surface area contributed by atoms with Crippen LogP contribution in [-0.2, 0) is 24.6 Å². The molecule has 0 radical (unpaired) electrons. The normalized spacial score (nSPS) is 17.2. The maximum absolute atomic E-state index is 12.5. The summed E-state index contributed by atoms with van der Waals surface area (Å²) in [5.74, 6) is 0. The van der Waals surface area contributed by atoms with Crippen molar-refractivity contribution in [1.29, 1.82) is 0 Å². The maximum atomic E-state index is 12.5. The van der Waals surface area contributed by atoms with Crippen LogP contribution in [0.3, 0.4) is 0 Å². The molecular formula is C14H15NO5S3. The molecule has 0 unspecified atom stereocenters. The summed E-state index contributed by atoms with van der Waals surface area (Å²) in [4.78, 5) is 0.150. The summed E-state index contributed by atoms with van der Waals surface area (Å²) in [5.41, 5.74) is 0. The number of sulfonamides is 1. The van der Waals surface area contributed by atoms with Crippen LogP contribution in [0.1, 0.15) is 0 Å². The first-order valence-corrected chi connectivity index (χ1v) is 10.6. The molecule has 0 spiro atoms. The second-order valence-electron chi connectivity index (χ2n) is 4.91. The van der Waals surface area contributed by atoms with Crippen molar-refractivity contribution in [2.45, 2.75) is 13.3 Å². The SMILES string of the molecule is O=S(=O)(c1ccccc1)c1ccc(S(=O)(=O)N2CCOCC2)s1. The maximum Gasteiger partial charge on any atom is 0.252 e. The van der Waals surface area contributed by atoms with E-state index in [-0.39, 0.29) is 26.4 Å². The zero-order valence-electron chi connectivity index (χ0n) is 12.1. The first-order chi connectivity index (χ1) is 10.9. The molecule has 9 heteroatoms. The minimum Gasteiger partial charge on any atom is -0.379 e. The summed E-state index contributed by atoms with van der Waals surface area (Å²) in [6.45, 7) is 1.25. The Kier molecular flexibility index (Phi) is 4.56. The molecule has 0 amide bonds. The van der Waals surface area contributed by atoms with Crippen molar-refractivity contribution in [3.05, 3.63) is 42.5 Å². The molecule has 1 saturated heterocycles. The van der Waals surface area contributed by atoms with Gasteiger partial charge in [0.2, 0.25) is 9.84 Å². The van der Waals surface area contributed by atoms with Crippen molar-refractivity contribution in [3.8, 4) is 0 Å². The number of benzene rings is 1. The van der Waals surface area contributed by atoms with E-state index in [4.69, 9.17) is 4.74 Å². The molecule has 0 atom stereocenters. The van der Waals surface area contributed by atoms with Crippen LogP contribution in [0.5, 0.6) is 0 Å². The predicted molar refractivity (Wildman–Crippen MR) is 85.8 cm³/mol. The number of nitrogens with zero attached hydrogens (tertiary/aromatic N) is 1. The van der Waals surface area contributed by atoms with Crippen molar-refractivity contribution in [2.75, 3.05) is 26.3 Å². The zero-order chi connectivity index (χ0) is 16.5. The Morgan fingerprint density at radius 3 is 2.13 bits per heavy atom. The molecule has 0 bridgehead atoms. The lowest BCUT2D eigenvalue weighted by atomic mass is 10.4. The molecule has 2 aromatic rings. The number of hydrogen-bond donors (Lipinski definition) is 0. The highest BCUT2D eigenvalue weighted by Crippen LogP contribution is 2.31. The van der Waals surface area contributed by atoms with E-state index in [1.54, 1.807) is 18.2 Å². The summed E-state index contributed by atoms with van der Waals surface area (Å²) in [7, 11) is -7.37. The largest absolute Gasteiger partial charge is 0.379 e. The topological polar surface area (TPSA) is 80.8 Å². The van der Waals surface area contributed by atoms with Gasteiger partial charge in [0.15, 0.2) is 0 Å². The quantitative estimate of drug-likeness (QED) is 0.813. The summed E-state index contributed by atoms with van der Waals surface area (Å²) in [6.07, 6.45) is 0. The van der Waals surface area contributed by atoms with E-state index >= 15 is 0 Å². The van der Waals surface area contributed by atoms with E-state index in [0.29, 0.717) is 13.2 Å². The Morgan fingerprint density at radius 1 is 0.870 bits per heavy atom. The number of thiophene rings is 1. The highest BCUT2D eigenvalue weighted by atomic mass is 32.3. The fourth-order valence-electron chi connectivity index (χ4n) is 2.22. The highest BCUT2D eigenvalue weighted by Gasteiger charge is 2.30. The monoisotopic (exact) mass is 373 g/mol. The number of morpholine rings is 1. The zero-order valence-corrected chi connectivity index (χ0v) is 14.5.